The minimum atomic E-state index is -0.846. The zero-order valence-electron chi connectivity index (χ0n) is 14.0. The van der Waals surface area contributed by atoms with Crippen molar-refractivity contribution in [3.63, 3.8) is 0 Å². The zero-order valence-corrected chi connectivity index (χ0v) is 14.8. The smallest absolute Gasteiger partial charge is 0.307 e. The first-order valence-corrected chi connectivity index (χ1v) is 8.12. The van der Waals surface area contributed by atoms with Gasteiger partial charge in [0.25, 0.3) is 0 Å². The summed E-state index contributed by atoms with van der Waals surface area (Å²) in [5, 5.41) is 9.38. The van der Waals surface area contributed by atoms with Crippen molar-refractivity contribution in [2.75, 3.05) is 0 Å². The van der Waals surface area contributed by atoms with Crippen molar-refractivity contribution in [2.24, 2.45) is 0 Å². The van der Waals surface area contributed by atoms with Crippen LogP contribution < -0.4 is 9.47 Å². The molecule has 1 N–H and O–H groups in total. The molecule has 4 nitrogen and oxygen atoms in total. The van der Waals surface area contributed by atoms with E-state index in [9.17, 15) is 4.79 Å². The Balaban J connectivity index is 2.03. The zero-order chi connectivity index (χ0) is 17.7. The molecular formula is C19H21ClO4. The molecule has 0 unspecified atom stereocenters. The van der Waals surface area contributed by atoms with Gasteiger partial charge in [0.15, 0.2) is 0 Å². The van der Waals surface area contributed by atoms with Crippen LogP contribution in [0.15, 0.2) is 36.4 Å². The second kappa shape index (κ2) is 8.06. The van der Waals surface area contributed by atoms with Crippen molar-refractivity contribution in [2.45, 2.75) is 39.9 Å². The van der Waals surface area contributed by atoms with E-state index < -0.39 is 5.97 Å². The molecule has 0 aromatic heterocycles. The van der Waals surface area contributed by atoms with Gasteiger partial charge in [0, 0.05) is 0 Å². The summed E-state index contributed by atoms with van der Waals surface area (Å²) in [4.78, 5) is 10.7. The van der Waals surface area contributed by atoms with Crippen molar-refractivity contribution in [1.29, 1.82) is 0 Å². The number of carbonyl (C=O) groups is 1. The van der Waals surface area contributed by atoms with E-state index in [0.717, 1.165) is 22.4 Å². The van der Waals surface area contributed by atoms with E-state index in [-0.39, 0.29) is 12.5 Å². The fourth-order valence-electron chi connectivity index (χ4n) is 2.30. The van der Waals surface area contributed by atoms with Crippen molar-refractivity contribution < 1.29 is 19.4 Å². The number of rotatable bonds is 7. The summed E-state index contributed by atoms with van der Waals surface area (Å²) in [6.45, 7) is 6.17. The second-order valence-electron chi connectivity index (χ2n) is 5.89. The third-order valence-electron chi connectivity index (χ3n) is 3.35. The second-order valence-corrected chi connectivity index (χ2v) is 6.30. The van der Waals surface area contributed by atoms with Crippen LogP contribution in [0.2, 0.25) is 5.02 Å². The average molecular weight is 349 g/mol. The summed E-state index contributed by atoms with van der Waals surface area (Å²) in [5.74, 6) is 0.536. The number of hydrogen-bond acceptors (Lipinski definition) is 3. The number of ether oxygens (including phenoxy) is 2. The van der Waals surface area contributed by atoms with Gasteiger partial charge in [-0.15, -0.1) is 0 Å². The Morgan fingerprint density at radius 2 is 1.79 bits per heavy atom. The highest BCUT2D eigenvalue weighted by atomic mass is 35.5. The van der Waals surface area contributed by atoms with E-state index in [1.165, 1.54) is 0 Å². The average Bonchev–Trinajstić information content (AvgIpc) is 2.48. The van der Waals surface area contributed by atoms with Crippen molar-refractivity contribution in [1.82, 2.24) is 0 Å². The van der Waals surface area contributed by atoms with E-state index in [4.69, 9.17) is 26.2 Å². The van der Waals surface area contributed by atoms with Crippen LogP contribution in [0.25, 0.3) is 0 Å². The maximum Gasteiger partial charge on any atom is 0.307 e. The predicted molar refractivity (Wildman–Crippen MR) is 94.1 cm³/mol. The Morgan fingerprint density at radius 3 is 2.38 bits per heavy atom. The lowest BCUT2D eigenvalue weighted by Crippen LogP contribution is -2.06. The monoisotopic (exact) mass is 348 g/mol. The van der Waals surface area contributed by atoms with Crippen LogP contribution in [0.3, 0.4) is 0 Å². The van der Waals surface area contributed by atoms with Crippen molar-refractivity contribution >= 4 is 17.6 Å². The summed E-state index contributed by atoms with van der Waals surface area (Å²) in [6, 6.07) is 11.0. The number of carboxylic acid groups (broad SMARTS) is 1. The normalized spacial score (nSPS) is 10.7. The lowest BCUT2D eigenvalue weighted by atomic mass is 10.1. The summed E-state index contributed by atoms with van der Waals surface area (Å²) < 4.78 is 11.4. The van der Waals surface area contributed by atoms with Crippen LogP contribution in [-0.2, 0) is 17.8 Å². The number of aryl methyl sites for hydroxylation is 1. The molecular weight excluding hydrogens is 328 g/mol. The van der Waals surface area contributed by atoms with E-state index in [2.05, 4.69) is 0 Å². The maximum atomic E-state index is 10.7. The standard InChI is InChI=1S/C19H21ClO4/c1-12(2)24-18-7-5-15(9-16(18)20)11-23-17-6-4-14(8-13(17)3)10-19(21)22/h4-9,12H,10-11H2,1-3H3,(H,21,22). The first-order valence-electron chi connectivity index (χ1n) is 7.74. The lowest BCUT2D eigenvalue weighted by molar-refractivity contribution is -0.136. The molecule has 2 aromatic carbocycles. The SMILES string of the molecule is Cc1cc(CC(=O)O)ccc1OCc1ccc(OC(C)C)c(Cl)c1. The van der Waals surface area contributed by atoms with Gasteiger partial charge in [-0.2, -0.15) is 0 Å². The van der Waals surface area contributed by atoms with Gasteiger partial charge >= 0.3 is 5.97 Å². The molecule has 0 saturated carbocycles. The number of carboxylic acids is 1. The molecule has 0 heterocycles. The summed E-state index contributed by atoms with van der Waals surface area (Å²) >= 11 is 6.22. The van der Waals surface area contributed by atoms with Gasteiger partial charge in [-0.3, -0.25) is 4.79 Å². The topological polar surface area (TPSA) is 55.8 Å². The van der Waals surface area contributed by atoms with Crippen molar-refractivity contribution in [3.8, 4) is 11.5 Å². The van der Waals surface area contributed by atoms with Gasteiger partial charge in [0.2, 0.25) is 0 Å². The van der Waals surface area contributed by atoms with E-state index in [1.54, 1.807) is 12.1 Å². The molecule has 2 rings (SSSR count). The first-order chi connectivity index (χ1) is 11.3. The van der Waals surface area contributed by atoms with Crippen LogP contribution in [0.1, 0.15) is 30.5 Å². The van der Waals surface area contributed by atoms with Gasteiger partial charge in [0.1, 0.15) is 18.1 Å². The molecule has 2 aromatic rings. The highest BCUT2D eigenvalue weighted by molar-refractivity contribution is 6.32. The summed E-state index contributed by atoms with van der Waals surface area (Å²) in [7, 11) is 0. The van der Waals surface area contributed by atoms with Gasteiger partial charge < -0.3 is 14.6 Å². The van der Waals surface area contributed by atoms with Crippen LogP contribution >= 0.6 is 11.6 Å². The maximum absolute atomic E-state index is 10.7. The molecule has 0 aliphatic rings. The highest BCUT2D eigenvalue weighted by Gasteiger charge is 2.08. The molecule has 0 aliphatic heterocycles. The largest absolute Gasteiger partial charge is 0.489 e. The Labute approximate surface area is 147 Å². The Bertz CT molecular complexity index is 725. The molecule has 24 heavy (non-hydrogen) atoms. The lowest BCUT2D eigenvalue weighted by Gasteiger charge is -2.13. The molecule has 0 aliphatic carbocycles. The predicted octanol–water partition coefficient (Wildman–Crippen LogP) is 4.64. The molecule has 0 atom stereocenters. The van der Waals surface area contributed by atoms with Gasteiger partial charge in [-0.25, -0.2) is 0 Å². The van der Waals surface area contributed by atoms with Crippen LogP contribution in [0.5, 0.6) is 11.5 Å². The van der Waals surface area contributed by atoms with Crippen LogP contribution in [0, 0.1) is 6.92 Å². The highest BCUT2D eigenvalue weighted by Crippen LogP contribution is 2.27. The summed E-state index contributed by atoms with van der Waals surface area (Å²) in [5.41, 5.74) is 2.59. The molecule has 0 bridgehead atoms. The van der Waals surface area contributed by atoms with E-state index in [0.29, 0.717) is 17.4 Å². The van der Waals surface area contributed by atoms with E-state index >= 15 is 0 Å². The molecule has 0 spiro atoms. The Hall–Kier alpha value is -2.20. The minimum absolute atomic E-state index is 0.00798. The van der Waals surface area contributed by atoms with Gasteiger partial charge in [-0.1, -0.05) is 29.8 Å². The van der Waals surface area contributed by atoms with E-state index in [1.807, 2.05) is 45.0 Å². The fraction of sp³-hybridized carbons (Fsp3) is 0.316. The number of aliphatic carboxylic acids is 1. The molecule has 5 heteroatoms. The van der Waals surface area contributed by atoms with Gasteiger partial charge in [-0.05, 0) is 55.7 Å². The van der Waals surface area contributed by atoms with Crippen molar-refractivity contribution in [3.05, 3.63) is 58.1 Å². The molecule has 0 saturated heterocycles. The molecule has 128 valence electrons. The molecule has 0 amide bonds. The number of hydrogen-bond donors (Lipinski definition) is 1. The van der Waals surface area contributed by atoms with Crippen LogP contribution in [0.4, 0.5) is 0 Å². The number of halogens is 1. The molecule has 0 fully saturated rings. The Morgan fingerprint density at radius 1 is 1.12 bits per heavy atom. The fourth-order valence-corrected chi connectivity index (χ4v) is 2.55. The van der Waals surface area contributed by atoms with Crippen LogP contribution in [-0.4, -0.2) is 17.2 Å². The first kappa shape index (κ1) is 18.1. The third-order valence-corrected chi connectivity index (χ3v) is 3.64. The summed E-state index contributed by atoms with van der Waals surface area (Å²) in [6.07, 6.45) is 0.0742. The van der Waals surface area contributed by atoms with Gasteiger partial charge in [0.05, 0.1) is 17.5 Å². The number of benzene rings is 2. The quantitative estimate of drug-likeness (QED) is 0.791. The Kier molecular flexibility index (Phi) is 6.10. The minimum Gasteiger partial charge on any atom is -0.489 e. The third kappa shape index (κ3) is 5.17. The molecule has 0 radical (unpaired) electrons.